The average molecular weight is 341 g/mol. The first kappa shape index (κ1) is 16.1. The Morgan fingerprint density at radius 1 is 1.04 bits per heavy atom. The van der Waals surface area contributed by atoms with Crippen LogP contribution in [0.5, 0.6) is 0 Å². The number of anilines is 2. The van der Waals surface area contributed by atoms with Crippen LogP contribution in [-0.2, 0) is 19.9 Å². The van der Waals surface area contributed by atoms with Crippen molar-refractivity contribution in [3.63, 3.8) is 0 Å². The third-order valence-electron chi connectivity index (χ3n) is 5.23. The van der Waals surface area contributed by atoms with Crippen LogP contribution < -0.4 is 10.6 Å². The Hall–Kier alpha value is -2.40. The maximum atomic E-state index is 13.4. The van der Waals surface area contributed by atoms with Crippen molar-refractivity contribution in [2.45, 2.75) is 25.3 Å². The molecule has 1 aliphatic rings. The topological polar surface area (TPSA) is 29.0 Å². The minimum atomic E-state index is -0.849. The van der Waals surface area contributed by atoms with E-state index in [2.05, 4.69) is 34.4 Å². The smallest absolute Gasteiger partial charge is 0.160 e. The lowest BCUT2D eigenvalue weighted by atomic mass is 9.91. The Kier molecular flexibility index (Phi) is 3.96. The first-order valence-corrected chi connectivity index (χ1v) is 8.56. The summed E-state index contributed by atoms with van der Waals surface area (Å²) in [7, 11) is 4.12. The number of halogens is 2. The second kappa shape index (κ2) is 6.15. The van der Waals surface area contributed by atoms with Crippen molar-refractivity contribution in [3.05, 3.63) is 59.3 Å². The molecule has 0 saturated heterocycles. The largest absolute Gasteiger partial charge is 0.355 e. The van der Waals surface area contributed by atoms with Gasteiger partial charge in [-0.05, 0) is 56.1 Å². The van der Waals surface area contributed by atoms with Gasteiger partial charge in [0.15, 0.2) is 11.6 Å². The zero-order valence-electron chi connectivity index (χ0n) is 14.4. The van der Waals surface area contributed by atoms with Crippen LogP contribution in [0.25, 0.3) is 10.9 Å². The van der Waals surface area contributed by atoms with Gasteiger partial charge in [-0.2, -0.15) is 0 Å². The molecule has 25 heavy (non-hydrogen) atoms. The summed E-state index contributed by atoms with van der Waals surface area (Å²) in [6.45, 7) is 0. The maximum absolute atomic E-state index is 13.4. The number of nitrogens with zero attached hydrogens (tertiary/aromatic N) is 1. The van der Waals surface area contributed by atoms with Crippen molar-refractivity contribution in [2.75, 3.05) is 12.4 Å². The molecule has 130 valence electrons. The minimum Gasteiger partial charge on any atom is -0.355 e. The minimum absolute atomic E-state index is 0.526. The summed E-state index contributed by atoms with van der Waals surface area (Å²) in [6.07, 6.45) is 3.25. The van der Waals surface area contributed by atoms with Crippen LogP contribution in [0.4, 0.5) is 20.2 Å². The van der Waals surface area contributed by atoms with E-state index in [1.807, 2.05) is 13.1 Å². The van der Waals surface area contributed by atoms with E-state index in [4.69, 9.17) is 0 Å². The molecule has 0 bridgehead atoms. The monoisotopic (exact) mass is 341 g/mol. The molecule has 0 radical (unpaired) electrons. The molecule has 1 heterocycles. The van der Waals surface area contributed by atoms with Crippen LogP contribution in [0.1, 0.15) is 17.7 Å². The lowest BCUT2D eigenvalue weighted by Crippen LogP contribution is -2.31. The van der Waals surface area contributed by atoms with Gasteiger partial charge in [-0.15, -0.1) is 0 Å². The zero-order chi connectivity index (χ0) is 17.6. The summed E-state index contributed by atoms with van der Waals surface area (Å²) in [5.41, 5.74) is 5.37. The van der Waals surface area contributed by atoms with Gasteiger partial charge in [0.1, 0.15) is 0 Å². The van der Waals surface area contributed by atoms with E-state index in [0.717, 1.165) is 36.5 Å². The summed E-state index contributed by atoms with van der Waals surface area (Å²) < 4.78 is 28.7. The lowest BCUT2D eigenvalue weighted by molar-refractivity contribution is 0.488. The Morgan fingerprint density at radius 2 is 1.80 bits per heavy atom. The van der Waals surface area contributed by atoms with Gasteiger partial charge in [0.05, 0.1) is 5.52 Å². The summed E-state index contributed by atoms with van der Waals surface area (Å²) >= 11 is 0. The molecule has 5 heteroatoms. The normalized spacial score (nSPS) is 16.9. The molecule has 3 nitrogen and oxygen atoms in total. The number of hydrogen-bond donors (Lipinski definition) is 2. The third kappa shape index (κ3) is 2.78. The highest BCUT2D eigenvalue weighted by atomic mass is 19.2. The van der Waals surface area contributed by atoms with Crippen LogP contribution >= 0.6 is 0 Å². The number of fused-ring (bicyclic) bond motifs is 3. The number of aryl methyl sites for hydroxylation is 1. The Bertz CT molecular complexity index is 946. The molecule has 0 amide bonds. The molecule has 1 aromatic heterocycles. The van der Waals surface area contributed by atoms with Crippen molar-refractivity contribution in [3.8, 4) is 0 Å². The molecule has 3 aromatic rings. The number of likely N-dealkylation sites (N-methyl/N-ethyl adjacent to an activating group) is 1. The van der Waals surface area contributed by atoms with Crippen molar-refractivity contribution >= 4 is 22.3 Å². The fourth-order valence-electron chi connectivity index (χ4n) is 3.84. The van der Waals surface area contributed by atoms with Gasteiger partial charge < -0.3 is 15.2 Å². The van der Waals surface area contributed by atoms with Gasteiger partial charge in [-0.25, -0.2) is 8.78 Å². The Balaban J connectivity index is 1.71. The average Bonchev–Trinajstić information content (AvgIpc) is 2.90. The molecular weight excluding hydrogens is 320 g/mol. The molecular formula is C20H21F2N3. The fraction of sp³-hybridized carbons (Fsp3) is 0.300. The van der Waals surface area contributed by atoms with Gasteiger partial charge in [0, 0.05) is 41.6 Å². The maximum Gasteiger partial charge on any atom is 0.160 e. The van der Waals surface area contributed by atoms with Gasteiger partial charge in [-0.1, -0.05) is 6.07 Å². The van der Waals surface area contributed by atoms with Crippen molar-refractivity contribution < 1.29 is 8.78 Å². The molecule has 2 aromatic carbocycles. The number of rotatable bonds is 3. The van der Waals surface area contributed by atoms with Gasteiger partial charge >= 0.3 is 0 Å². The molecule has 0 fully saturated rings. The van der Waals surface area contributed by atoms with Crippen molar-refractivity contribution in [1.82, 2.24) is 9.88 Å². The van der Waals surface area contributed by atoms with Gasteiger partial charge in [0.2, 0.25) is 0 Å². The predicted molar refractivity (Wildman–Crippen MR) is 97.4 cm³/mol. The molecule has 0 aliphatic heterocycles. The molecule has 0 saturated carbocycles. The molecule has 1 aliphatic carbocycles. The van der Waals surface area contributed by atoms with Crippen LogP contribution in [-0.4, -0.2) is 17.7 Å². The SMILES string of the molecule is CNC1CCc2c(c3ccc(Nc4ccc(F)c(F)c4)cc3n2C)C1. The summed E-state index contributed by atoms with van der Waals surface area (Å²) in [4.78, 5) is 0. The van der Waals surface area contributed by atoms with Gasteiger partial charge in [-0.3, -0.25) is 0 Å². The Labute approximate surface area is 145 Å². The third-order valence-corrected chi connectivity index (χ3v) is 5.23. The molecule has 1 atom stereocenters. The summed E-state index contributed by atoms with van der Waals surface area (Å²) in [5, 5.41) is 7.82. The highest BCUT2D eigenvalue weighted by Crippen LogP contribution is 2.33. The molecule has 2 N–H and O–H groups in total. The second-order valence-corrected chi connectivity index (χ2v) is 6.70. The van der Waals surface area contributed by atoms with Crippen molar-refractivity contribution in [2.24, 2.45) is 7.05 Å². The number of benzene rings is 2. The standard InChI is InChI=1S/C20H21F2N3/c1-23-12-5-8-19-16(9-12)15-6-3-14(11-20(15)25(19)2)24-13-4-7-17(21)18(22)10-13/h3-4,6-7,10-12,23-24H,5,8-9H2,1-2H3. The van der Waals surface area contributed by atoms with Gasteiger partial charge in [0.25, 0.3) is 0 Å². The molecule has 0 spiro atoms. The first-order chi connectivity index (χ1) is 12.1. The van der Waals surface area contributed by atoms with Crippen LogP contribution in [0.15, 0.2) is 36.4 Å². The van der Waals surface area contributed by atoms with E-state index in [0.29, 0.717) is 11.7 Å². The summed E-state index contributed by atoms with van der Waals surface area (Å²) in [6, 6.07) is 10.6. The number of hydrogen-bond acceptors (Lipinski definition) is 2. The first-order valence-electron chi connectivity index (χ1n) is 8.56. The number of aromatic nitrogens is 1. The van der Waals surface area contributed by atoms with E-state index < -0.39 is 11.6 Å². The molecule has 4 rings (SSSR count). The molecule has 1 unspecified atom stereocenters. The van der Waals surface area contributed by atoms with E-state index in [1.165, 1.54) is 28.8 Å². The quantitative estimate of drug-likeness (QED) is 0.745. The highest BCUT2D eigenvalue weighted by molar-refractivity contribution is 5.89. The lowest BCUT2D eigenvalue weighted by Gasteiger charge is -2.22. The number of nitrogens with one attached hydrogen (secondary N) is 2. The summed E-state index contributed by atoms with van der Waals surface area (Å²) in [5.74, 6) is -1.69. The van der Waals surface area contributed by atoms with Crippen LogP contribution in [0.2, 0.25) is 0 Å². The van der Waals surface area contributed by atoms with E-state index in [-0.39, 0.29) is 0 Å². The second-order valence-electron chi connectivity index (χ2n) is 6.70. The van der Waals surface area contributed by atoms with E-state index >= 15 is 0 Å². The zero-order valence-corrected chi connectivity index (χ0v) is 14.4. The Morgan fingerprint density at radius 3 is 2.56 bits per heavy atom. The van der Waals surface area contributed by atoms with E-state index in [9.17, 15) is 8.78 Å². The van der Waals surface area contributed by atoms with E-state index in [1.54, 1.807) is 0 Å². The predicted octanol–water partition coefficient (Wildman–Crippen LogP) is 4.28. The fourth-order valence-corrected chi connectivity index (χ4v) is 3.84. The van der Waals surface area contributed by atoms with Crippen molar-refractivity contribution in [1.29, 1.82) is 0 Å². The highest BCUT2D eigenvalue weighted by Gasteiger charge is 2.23. The van der Waals surface area contributed by atoms with Crippen LogP contribution in [0, 0.1) is 11.6 Å². The van der Waals surface area contributed by atoms with Crippen LogP contribution in [0.3, 0.4) is 0 Å².